The number of carbonyl (C=O) groups excluding carboxylic acids is 6. The van der Waals surface area contributed by atoms with Crippen LogP contribution in [-0.2, 0) is 44.9 Å². The van der Waals surface area contributed by atoms with Crippen LogP contribution in [0.25, 0.3) is 9.69 Å². The van der Waals surface area contributed by atoms with Crippen LogP contribution in [-0.4, -0.2) is 97.6 Å². The molecule has 2 heterocycles. The zero-order valence-electron chi connectivity index (χ0n) is 39.5. The summed E-state index contributed by atoms with van der Waals surface area (Å²) in [6.45, 7) is 15.4. The van der Waals surface area contributed by atoms with E-state index < -0.39 is 35.5 Å². The molecule has 5 aromatic rings. The van der Waals surface area contributed by atoms with Crippen LogP contribution >= 0.6 is 0 Å². The smallest absolute Gasteiger partial charge is 0.253 e. The van der Waals surface area contributed by atoms with Gasteiger partial charge in [-0.05, 0) is 96.5 Å². The lowest BCUT2D eigenvalue weighted by molar-refractivity contribution is -0.132. The summed E-state index contributed by atoms with van der Waals surface area (Å²) in [5.41, 5.74) is 6.20. The zero-order valence-corrected chi connectivity index (χ0v) is 39.5. The highest BCUT2D eigenvalue weighted by Crippen LogP contribution is 2.29. The zero-order chi connectivity index (χ0) is 51.0. The summed E-state index contributed by atoms with van der Waals surface area (Å²) in [5, 5.41) is 30.0. The van der Waals surface area contributed by atoms with Gasteiger partial charge in [-0.15, -0.1) is 0 Å². The molecule has 16 nitrogen and oxygen atoms in total. The minimum atomic E-state index is -0.856. The van der Waals surface area contributed by atoms with Crippen LogP contribution < -0.4 is 21.3 Å². The van der Waals surface area contributed by atoms with Gasteiger partial charge in [0.1, 0.15) is 0 Å². The number of nitriles is 2. The van der Waals surface area contributed by atoms with Crippen LogP contribution in [0.3, 0.4) is 0 Å². The van der Waals surface area contributed by atoms with E-state index in [0.717, 1.165) is 22.3 Å². The molecule has 4 atom stereocenters. The molecule has 0 radical (unpaired) electrons. The average Bonchev–Trinajstić information content (AvgIpc) is 4.08. The van der Waals surface area contributed by atoms with Gasteiger partial charge in [-0.3, -0.25) is 28.8 Å². The number of hydrogen-bond acceptors (Lipinski definition) is 8. The number of nitrogens with one attached hydrogen (secondary N) is 4. The van der Waals surface area contributed by atoms with Crippen LogP contribution in [0, 0.1) is 59.5 Å². The van der Waals surface area contributed by atoms with E-state index in [9.17, 15) is 28.8 Å². The largest absolute Gasteiger partial charge is 0.355 e. The molecule has 5 aromatic carbocycles. The summed E-state index contributed by atoms with van der Waals surface area (Å²) in [6.07, 6.45) is 1.97. The Morgan fingerprint density at radius 3 is 0.917 bits per heavy atom. The van der Waals surface area contributed by atoms with Gasteiger partial charge in [-0.2, -0.15) is 10.5 Å². The first-order valence-electron chi connectivity index (χ1n) is 23.7. The van der Waals surface area contributed by atoms with Crippen LogP contribution in [0.15, 0.2) is 121 Å². The van der Waals surface area contributed by atoms with Crippen molar-refractivity contribution in [1.29, 1.82) is 10.5 Å². The van der Waals surface area contributed by atoms with E-state index in [2.05, 4.69) is 43.1 Å². The predicted molar refractivity (Wildman–Crippen MR) is 267 cm³/mol. The third-order valence-electron chi connectivity index (χ3n) is 13.1. The third-order valence-corrected chi connectivity index (χ3v) is 13.1. The van der Waals surface area contributed by atoms with Gasteiger partial charge in [-0.1, -0.05) is 72.8 Å². The minimum Gasteiger partial charge on any atom is -0.355 e. The summed E-state index contributed by atoms with van der Waals surface area (Å²) < 4.78 is 0. The summed E-state index contributed by atoms with van der Waals surface area (Å²) in [6, 6.07) is 38.4. The summed E-state index contributed by atoms with van der Waals surface area (Å²) >= 11 is 0. The molecule has 7 rings (SSSR count). The highest BCUT2D eigenvalue weighted by Gasteiger charge is 2.45. The van der Waals surface area contributed by atoms with Crippen LogP contribution in [0.4, 0.5) is 11.4 Å². The maximum absolute atomic E-state index is 14.1. The number of hydrogen-bond donors (Lipinski definition) is 4. The van der Waals surface area contributed by atoms with E-state index in [1.807, 2.05) is 48.5 Å². The highest BCUT2D eigenvalue weighted by molar-refractivity contribution is 6.00. The summed E-state index contributed by atoms with van der Waals surface area (Å²) in [7, 11) is 0. The second-order valence-electron chi connectivity index (χ2n) is 17.8. The normalized spacial score (nSPS) is 16.8. The van der Waals surface area contributed by atoms with Crippen molar-refractivity contribution in [3.05, 3.63) is 189 Å². The molecule has 0 spiro atoms. The third kappa shape index (κ3) is 13.1. The monoisotopic (exact) mass is 960 g/mol. The molecule has 72 heavy (non-hydrogen) atoms. The van der Waals surface area contributed by atoms with E-state index in [1.165, 1.54) is 34.1 Å². The van der Waals surface area contributed by atoms with Gasteiger partial charge in [0.25, 0.3) is 11.8 Å². The second kappa shape index (κ2) is 24.4. The molecule has 0 aliphatic carbocycles. The Morgan fingerprint density at radius 2 is 0.681 bits per heavy atom. The van der Waals surface area contributed by atoms with Crippen molar-refractivity contribution in [2.24, 2.45) is 23.7 Å². The Kier molecular flexibility index (Phi) is 17.2. The number of benzene rings is 5. The minimum absolute atomic E-state index is 0.0249. The fourth-order valence-electron chi connectivity index (χ4n) is 8.93. The van der Waals surface area contributed by atoms with E-state index >= 15 is 0 Å². The predicted octanol–water partition coefficient (Wildman–Crippen LogP) is 5.34. The first-order valence-corrected chi connectivity index (χ1v) is 23.7. The maximum Gasteiger partial charge on any atom is 0.253 e. The van der Waals surface area contributed by atoms with Crippen molar-refractivity contribution in [3.63, 3.8) is 0 Å². The topological polar surface area (TPSA) is 213 Å². The molecule has 0 aromatic heterocycles. The lowest BCUT2D eigenvalue weighted by atomic mass is 9.94. The highest BCUT2D eigenvalue weighted by atomic mass is 16.2. The van der Waals surface area contributed by atoms with Gasteiger partial charge >= 0.3 is 0 Å². The molecule has 0 bridgehead atoms. The Bertz CT molecular complexity index is 2580. The van der Waals surface area contributed by atoms with E-state index in [0.29, 0.717) is 48.2 Å². The van der Waals surface area contributed by atoms with Gasteiger partial charge in [0.05, 0.1) is 60.1 Å². The lowest BCUT2D eigenvalue weighted by Crippen LogP contribution is -2.42. The van der Waals surface area contributed by atoms with Crippen molar-refractivity contribution in [2.75, 3.05) is 52.4 Å². The van der Waals surface area contributed by atoms with Gasteiger partial charge in [-0.25, -0.2) is 9.69 Å². The van der Waals surface area contributed by atoms with Gasteiger partial charge in [0.2, 0.25) is 23.6 Å². The quantitative estimate of drug-likeness (QED) is 0.0840. The molecular formula is C56H52N10O6. The van der Waals surface area contributed by atoms with Crippen molar-refractivity contribution in [1.82, 2.24) is 31.1 Å². The average molecular weight is 961 g/mol. The van der Waals surface area contributed by atoms with E-state index in [1.54, 1.807) is 48.5 Å². The molecule has 16 heteroatoms. The molecule has 4 N–H and O–H groups in total. The molecule has 2 aliphatic heterocycles. The number of likely N-dealkylation sites (tertiary alicyclic amines) is 2. The number of carbonyl (C=O) groups is 6. The van der Waals surface area contributed by atoms with Crippen molar-refractivity contribution >= 4 is 46.8 Å². The molecule has 0 saturated carbocycles. The fourth-order valence-corrected chi connectivity index (χ4v) is 8.93. The Hall–Kier alpha value is -9.12. The van der Waals surface area contributed by atoms with Crippen molar-refractivity contribution < 1.29 is 28.8 Å². The molecule has 0 unspecified atom stereocenters. The molecular weight excluding hydrogens is 909 g/mol. The van der Waals surface area contributed by atoms with Gasteiger partial charge in [0, 0.05) is 63.5 Å². The number of rotatable bonds is 18. The first kappa shape index (κ1) is 50.7. The van der Waals surface area contributed by atoms with Crippen molar-refractivity contribution in [3.8, 4) is 12.1 Å². The van der Waals surface area contributed by atoms with E-state index in [-0.39, 0.29) is 87.1 Å². The Labute approximate surface area is 418 Å². The Morgan fingerprint density at radius 1 is 0.431 bits per heavy atom. The maximum atomic E-state index is 14.1. The van der Waals surface area contributed by atoms with Crippen LogP contribution in [0.5, 0.6) is 0 Å². The molecule has 2 aliphatic rings. The number of nitrogens with zero attached hydrogens (tertiary/aromatic N) is 6. The molecule has 6 amide bonds. The van der Waals surface area contributed by atoms with E-state index in [4.69, 9.17) is 23.7 Å². The van der Waals surface area contributed by atoms with Crippen LogP contribution in [0.2, 0.25) is 0 Å². The van der Waals surface area contributed by atoms with Gasteiger partial charge in [0.15, 0.2) is 11.4 Å². The number of amides is 6. The van der Waals surface area contributed by atoms with Crippen molar-refractivity contribution in [2.45, 2.75) is 25.7 Å². The molecule has 362 valence electrons. The SMILES string of the molecule is [C-]#[N+]c1ccc(CCNC(=O)[C@H]2CN(C(=O)c3ccc(C(=O)N4C[C@H](C(=O)NCCc5ccc(C#N)cc5)[C@@H](C(=O)NCCc5ccc(C#N)cc5)C4)cc3)C[C@@H]2C(=O)NCCc2ccc([N+]#[C-])cc2)cc1. The first-order chi connectivity index (χ1) is 35.0. The molecule has 2 saturated heterocycles. The standard InChI is InChI=1S/C56H52N10O6/c1-59-45-19-11-39(12-20-45)25-29-63-53(69)49-35-66(36-50(49)54(70)64-30-26-40-13-21-46(60-2)22-14-40)56(72)44-17-15-43(16-18-44)55(71)65-33-47(51(67)61-27-23-37-3-7-41(31-57)8-4-37)48(34-65)52(68)62-28-24-38-5-9-42(32-58)10-6-38/h3-22,47-50H,23-30,33-36H2,(H,61,67)(H,62,68)(H,63,69)(H,64,70)/t47-,48-,49-,50-/m0/s1. The fraction of sp³-hybridized carbons (Fsp3) is 0.286. The lowest BCUT2D eigenvalue weighted by Gasteiger charge is -2.18. The van der Waals surface area contributed by atoms with Crippen LogP contribution in [0.1, 0.15) is 54.1 Å². The summed E-state index contributed by atoms with van der Waals surface area (Å²) in [4.78, 5) is 92.9. The Balaban J connectivity index is 0.997. The second-order valence-corrected chi connectivity index (χ2v) is 17.8. The molecule has 2 fully saturated rings. The van der Waals surface area contributed by atoms with Gasteiger partial charge < -0.3 is 31.1 Å². The summed E-state index contributed by atoms with van der Waals surface area (Å²) in [5.74, 6) is -5.79.